The summed E-state index contributed by atoms with van der Waals surface area (Å²) in [6, 6.07) is 22.1. The molecule has 2 aliphatic heterocycles. The largest absolute Gasteiger partial charge is 0.341 e. The molecule has 1 aromatic heterocycles. The molecule has 0 aliphatic carbocycles. The molecule has 28 heavy (non-hydrogen) atoms. The van der Waals surface area contributed by atoms with Crippen molar-refractivity contribution < 1.29 is 0 Å². The Morgan fingerprint density at radius 3 is 2.50 bits per heavy atom. The Hall–Kier alpha value is -2.72. The summed E-state index contributed by atoms with van der Waals surface area (Å²) < 4.78 is 0. The first-order valence-electron chi connectivity index (χ1n) is 10.3. The molecule has 5 rings (SSSR count). The highest BCUT2D eigenvalue weighted by Gasteiger charge is 2.29. The number of nitrogens with zero attached hydrogens (tertiary/aromatic N) is 4. The van der Waals surface area contributed by atoms with Crippen LogP contribution in [0.1, 0.15) is 41.3 Å². The fourth-order valence-corrected chi connectivity index (χ4v) is 4.56. The Balaban J connectivity index is 1.46. The standard InChI is InChI=1S/C24H26N4/c1-2-9-20(10-3-1)23-22-11-5-4-8-19(22)13-17-28(23)18-21-12-14-25-24(26-21)27-15-6-7-16-27/h1-5,8-12,14,23H,6-7,13,15-18H2/t23-/m1/s1. The van der Waals surface area contributed by atoms with Gasteiger partial charge in [0, 0.05) is 32.4 Å². The van der Waals surface area contributed by atoms with Gasteiger partial charge >= 0.3 is 0 Å². The molecular weight excluding hydrogens is 344 g/mol. The van der Waals surface area contributed by atoms with Crippen LogP contribution in [0.25, 0.3) is 0 Å². The minimum absolute atomic E-state index is 0.274. The summed E-state index contributed by atoms with van der Waals surface area (Å²) in [4.78, 5) is 14.3. The molecule has 0 radical (unpaired) electrons. The maximum atomic E-state index is 4.91. The number of aromatic nitrogens is 2. The zero-order chi connectivity index (χ0) is 18.8. The van der Waals surface area contributed by atoms with Crippen molar-refractivity contribution in [3.8, 4) is 0 Å². The van der Waals surface area contributed by atoms with Crippen molar-refractivity contribution >= 4 is 5.95 Å². The van der Waals surface area contributed by atoms with Crippen LogP contribution in [0.15, 0.2) is 66.9 Å². The Morgan fingerprint density at radius 1 is 0.857 bits per heavy atom. The van der Waals surface area contributed by atoms with Gasteiger partial charge < -0.3 is 4.90 Å². The molecule has 0 amide bonds. The van der Waals surface area contributed by atoms with Gasteiger partial charge in [-0.25, -0.2) is 9.97 Å². The van der Waals surface area contributed by atoms with E-state index in [0.29, 0.717) is 0 Å². The van der Waals surface area contributed by atoms with E-state index in [2.05, 4.69) is 75.4 Å². The third-order valence-electron chi connectivity index (χ3n) is 5.95. The van der Waals surface area contributed by atoms with Crippen LogP contribution in [0, 0.1) is 0 Å². The highest BCUT2D eigenvalue weighted by atomic mass is 15.3. The molecule has 0 saturated carbocycles. The van der Waals surface area contributed by atoms with Crippen molar-refractivity contribution in [2.45, 2.75) is 31.8 Å². The zero-order valence-electron chi connectivity index (χ0n) is 16.2. The average Bonchev–Trinajstić information content (AvgIpc) is 3.29. The van der Waals surface area contributed by atoms with E-state index >= 15 is 0 Å². The van der Waals surface area contributed by atoms with Crippen LogP contribution in [0.5, 0.6) is 0 Å². The van der Waals surface area contributed by atoms with Crippen LogP contribution in [-0.4, -0.2) is 34.5 Å². The number of hydrogen-bond acceptors (Lipinski definition) is 4. The molecule has 2 aromatic carbocycles. The van der Waals surface area contributed by atoms with Gasteiger partial charge in [-0.15, -0.1) is 0 Å². The molecule has 1 fully saturated rings. The second-order valence-corrected chi connectivity index (χ2v) is 7.77. The van der Waals surface area contributed by atoms with Crippen molar-refractivity contribution in [3.63, 3.8) is 0 Å². The number of rotatable bonds is 4. The molecule has 0 bridgehead atoms. The zero-order valence-corrected chi connectivity index (χ0v) is 16.2. The molecule has 4 nitrogen and oxygen atoms in total. The first kappa shape index (κ1) is 17.4. The van der Waals surface area contributed by atoms with Crippen molar-refractivity contribution in [1.82, 2.24) is 14.9 Å². The summed E-state index contributed by atoms with van der Waals surface area (Å²) in [7, 11) is 0. The van der Waals surface area contributed by atoms with Crippen LogP contribution in [-0.2, 0) is 13.0 Å². The van der Waals surface area contributed by atoms with E-state index in [9.17, 15) is 0 Å². The normalized spacial score (nSPS) is 19.6. The van der Waals surface area contributed by atoms with E-state index in [-0.39, 0.29) is 6.04 Å². The SMILES string of the molecule is c1ccc([C@@H]2c3ccccc3CCN2Cc2ccnc(N3CCCC3)n2)cc1. The van der Waals surface area contributed by atoms with Gasteiger partial charge in [0.25, 0.3) is 0 Å². The van der Waals surface area contributed by atoms with Gasteiger partial charge in [0.15, 0.2) is 0 Å². The molecule has 1 atom stereocenters. The van der Waals surface area contributed by atoms with Crippen LogP contribution in [0.4, 0.5) is 5.95 Å². The van der Waals surface area contributed by atoms with Gasteiger partial charge in [0.2, 0.25) is 5.95 Å². The van der Waals surface area contributed by atoms with Crippen LogP contribution in [0.2, 0.25) is 0 Å². The molecule has 0 N–H and O–H groups in total. The van der Waals surface area contributed by atoms with Gasteiger partial charge in [-0.1, -0.05) is 54.6 Å². The van der Waals surface area contributed by atoms with Crippen LogP contribution >= 0.6 is 0 Å². The molecular formula is C24H26N4. The average molecular weight is 371 g/mol. The number of benzene rings is 2. The highest BCUT2D eigenvalue weighted by Crippen LogP contribution is 2.35. The van der Waals surface area contributed by atoms with E-state index < -0.39 is 0 Å². The monoisotopic (exact) mass is 370 g/mol. The van der Waals surface area contributed by atoms with Crippen LogP contribution < -0.4 is 4.90 Å². The topological polar surface area (TPSA) is 32.3 Å². The lowest BCUT2D eigenvalue weighted by atomic mass is 9.88. The molecule has 0 unspecified atom stereocenters. The number of fused-ring (bicyclic) bond motifs is 1. The third kappa shape index (κ3) is 3.40. The summed E-state index contributed by atoms with van der Waals surface area (Å²) in [6.07, 6.45) is 5.49. The second-order valence-electron chi connectivity index (χ2n) is 7.77. The Labute approximate surface area is 166 Å². The third-order valence-corrected chi connectivity index (χ3v) is 5.95. The summed E-state index contributed by atoms with van der Waals surface area (Å²) in [5, 5.41) is 0. The lowest BCUT2D eigenvalue weighted by Gasteiger charge is -2.37. The predicted octanol–water partition coefficient (Wildman–Crippen LogP) is 4.22. The van der Waals surface area contributed by atoms with Gasteiger partial charge in [-0.05, 0) is 42.0 Å². The fraction of sp³-hybridized carbons (Fsp3) is 0.333. The van der Waals surface area contributed by atoms with Gasteiger partial charge in [-0.3, -0.25) is 4.90 Å². The molecule has 1 saturated heterocycles. The highest BCUT2D eigenvalue weighted by molar-refractivity contribution is 5.40. The molecule has 3 heterocycles. The Kier molecular flexibility index (Phi) is 4.79. The Morgan fingerprint density at radius 2 is 1.64 bits per heavy atom. The maximum absolute atomic E-state index is 4.91. The first-order chi connectivity index (χ1) is 13.9. The van der Waals surface area contributed by atoms with E-state index in [4.69, 9.17) is 4.98 Å². The van der Waals surface area contributed by atoms with E-state index in [0.717, 1.165) is 44.2 Å². The Bertz CT molecular complexity index is 934. The lowest BCUT2D eigenvalue weighted by Crippen LogP contribution is -2.36. The lowest BCUT2D eigenvalue weighted by molar-refractivity contribution is 0.202. The first-order valence-corrected chi connectivity index (χ1v) is 10.3. The summed E-state index contributed by atoms with van der Waals surface area (Å²) in [6.45, 7) is 4.04. The second kappa shape index (κ2) is 7.72. The smallest absolute Gasteiger partial charge is 0.225 e. The summed E-state index contributed by atoms with van der Waals surface area (Å²) >= 11 is 0. The van der Waals surface area contributed by atoms with Gasteiger partial charge in [-0.2, -0.15) is 0 Å². The number of anilines is 1. The molecule has 2 aliphatic rings. The summed E-state index contributed by atoms with van der Waals surface area (Å²) in [5.41, 5.74) is 5.35. The molecule has 4 heteroatoms. The van der Waals surface area contributed by atoms with Crippen molar-refractivity contribution in [1.29, 1.82) is 0 Å². The van der Waals surface area contributed by atoms with Crippen LogP contribution in [0.3, 0.4) is 0 Å². The predicted molar refractivity (Wildman–Crippen MR) is 112 cm³/mol. The minimum atomic E-state index is 0.274. The summed E-state index contributed by atoms with van der Waals surface area (Å²) in [5.74, 6) is 0.892. The number of hydrogen-bond donors (Lipinski definition) is 0. The van der Waals surface area contributed by atoms with E-state index in [1.165, 1.54) is 29.5 Å². The molecule has 142 valence electrons. The van der Waals surface area contributed by atoms with Crippen molar-refractivity contribution in [3.05, 3.63) is 89.2 Å². The van der Waals surface area contributed by atoms with Crippen molar-refractivity contribution in [2.75, 3.05) is 24.5 Å². The molecule has 3 aromatic rings. The van der Waals surface area contributed by atoms with E-state index in [1.54, 1.807) is 0 Å². The maximum Gasteiger partial charge on any atom is 0.225 e. The minimum Gasteiger partial charge on any atom is -0.341 e. The van der Waals surface area contributed by atoms with E-state index in [1.807, 2.05) is 6.20 Å². The molecule has 0 spiro atoms. The fourth-order valence-electron chi connectivity index (χ4n) is 4.56. The van der Waals surface area contributed by atoms with Gasteiger partial charge in [0.05, 0.1) is 11.7 Å². The quantitative estimate of drug-likeness (QED) is 0.688. The van der Waals surface area contributed by atoms with Gasteiger partial charge in [0.1, 0.15) is 0 Å². The van der Waals surface area contributed by atoms with Crippen molar-refractivity contribution in [2.24, 2.45) is 0 Å².